The summed E-state index contributed by atoms with van der Waals surface area (Å²) in [5.41, 5.74) is 14.2. The Hall–Kier alpha value is -2.99. The van der Waals surface area contributed by atoms with E-state index in [4.69, 9.17) is 11.5 Å². The van der Waals surface area contributed by atoms with E-state index in [0.717, 1.165) is 37.3 Å². The molecule has 1 heterocycles. The van der Waals surface area contributed by atoms with Gasteiger partial charge in [-0.05, 0) is 42.3 Å². The van der Waals surface area contributed by atoms with Crippen molar-refractivity contribution in [1.29, 1.82) is 0 Å². The van der Waals surface area contributed by atoms with Gasteiger partial charge >= 0.3 is 0 Å². The van der Waals surface area contributed by atoms with E-state index >= 15 is 0 Å². The van der Waals surface area contributed by atoms with Gasteiger partial charge in [-0.2, -0.15) is 0 Å². The molecule has 2 aromatic carbocycles. The fourth-order valence-corrected chi connectivity index (χ4v) is 3.58. The molecule has 5 N–H and O–H groups in total. The number of carbonyl (C=O) groups is 1. The molecule has 2 aromatic rings. The number of rotatable bonds is 6. The first-order valence-electron chi connectivity index (χ1n) is 10.1. The predicted molar refractivity (Wildman–Crippen MR) is 120 cm³/mol. The van der Waals surface area contributed by atoms with E-state index < -0.39 is 0 Å². The van der Waals surface area contributed by atoms with Crippen LogP contribution in [0.2, 0.25) is 0 Å². The van der Waals surface area contributed by atoms with E-state index in [0.29, 0.717) is 12.4 Å². The molecule has 0 atom stereocenters. The van der Waals surface area contributed by atoms with E-state index in [9.17, 15) is 4.79 Å². The van der Waals surface area contributed by atoms with Gasteiger partial charge in [-0.1, -0.05) is 36.4 Å². The lowest BCUT2D eigenvalue weighted by molar-refractivity contribution is -0.123. The first kappa shape index (κ1) is 20.7. The number of carbonyl (C=O) groups excluding carboxylic acids is 1. The summed E-state index contributed by atoms with van der Waals surface area (Å²) >= 11 is 0. The quantitative estimate of drug-likeness (QED) is 0.654. The van der Waals surface area contributed by atoms with Crippen LogP contribution in [-0.4, -0.2) is 54.5 Å². The molecule has 3 rings (SSSR count). The number of nitrogens with zero attached hydrogens (tertiary/aromatic N) is 2. The van der Waals surface area contributed by atoms with Crippen molar-refractivity contribution in [3.63, 3.8) is 0 Å². The van der Waals surface area contributed by atoms with E-state index in [1.807, 2.05) is 32.1 Å². The molecule has 1 aliphatic rings. The molecule has 1 fully saturated rings. The zero-order valence-electron chi connectivity index (χ0n) is 17.3. The molecule has 0 bridgehead atoms. The van der Waals surface area contributed by atoms with Crippen molar-refractivity contribution in [2.75, 3.05) is 32.7 Å². The molecule has 0 radical (unpaired) electrons. The molecule has 1 saturated heterocycles. The molecule has 0 spiro atoms. The number of benzene rings is 2. The van der Waals surface area contributed by atoms with E-state index in [-0.39, 0.29) is 11.9 Å². The van der Waals surface area contributed by atoms with Gasteiger partial charge in [-0.3, -0.25) is 9.69 Å². The minimum atomic E-state index is 0.0709. The minimum absolute atomic E-state index is 0.0709. The molecule has 0 aromatic heterocycles. The molecule has 6 heteroatoms. The van der Waals surface area contributed by atoms with Gasteiger partial charge in [0, 0.05) is 44.0 Å². The second-order valence-corrected chi connectivity index (χ2v) is 7.74. The molecule has 1 amide bonds. The van der Waals surface area contributed by atoms with Gasteiger partial charge in [-0.15, -0.1) is 0 Å². The Morgan fingerprint density at radius 2 is 1.79 bits per heavy atom. The first-order valence-corrected chi connectivity index (χ1v) is 10.1. The maximum atomic E-state index is 11.9. The topological polar surface area (TPSA) is 87.6 Å². The van der Waals surface area contributed by atoms with Gasteiger partial charge in [0.25, 0.3) is 0 Å². The zero-order chi connectivity index (χ0) is 20.8. The van der Waals surface area contributed by atoms with E-state index in [1.54, 1.807) is 6.20 Å². The predicted octanol–water partition coefficient (Wildman–Crippen LogP) is 2.08. The summed E-state index contributed by atoms with van der Waals surface area (Å²) in [6.45, 7) is 7.55. The average Bonchev–Trinajstić information content (AvgIpc) is 2.71. The highest BCUT2D eigenvalue weighted by Crippen LogP contribution is 2.22. The van der Waals surface area contributed by atoms with Gasteiger partial charge in [-0.25, -0.2) is 0 Å². The van der Waals surface area contributed by atoms with Crippen LogP contribution in [0.3, 0.4) is 0 Å². The van der Waals surface area contributed by atoms with Crippen LogP contribution in [0.25, 0.3) is 16.3 Å². The highest BCUT2D eigenvalue weighted by molar-refractivity contribution is 5.87. The van der Waals surface area contributed by atoms with Crippen LogP contribution in [0, 0.1) is 0 Å². The summed E-state index contributed by atoms with van der Waals surface area (Å²) < 4.78 is 0. The van der Waals surface area contributed by atoms with Crippen molar-refractivity contribution >= 4 is 22.3 Å². The monoisotopic (exact) mass is 393 g/mol. The Bertz CT molecular complexity index is 910. The summed E-state index contributed by atoms with van der Waals surface area (Å²) in [6.07, 6.45) is 3.54. The van der Waals surface area contributed by atoms with Crippen LogP contribution >= 0.6 is 0 Å². The number of amides is 1. The van der Waals surface area contributed by atoms with Gasteiger partial charge in [0.15, 0.2) is 0 Å². The summed E-state index contributed by atoms with van der Waals surface area (Å²) in [5, 5.41) is 5.30. The molecule has 6 nitrogen and oxygen atoms in total. The van der Waals surface area contributed by atoms with Gasteiger partial charge in [0.2, 0.25) is 5.91 Å². The Morgan fingerprint density at radius 3 is 2.45 bits per heavy atom. The first-order chi connectivity index (χ1) is 14.0. The van der Waals surface area contributed by atoms with Gasteiger partial charge in [0.1, 0.15) is 0 Å². The number of fused-ring (bicyclic) bond motifs is 1. The zero-order valence-corrected chi connectivity index (χ0v) is 17.3. The molecule has 0 unspecified atom stereocenters. The average molecular weight is 394 g/mol. The van der Waals surface area contributed by atoms with Crippen LogP contribution in [0.15, 0.2) is 60.6 Å². The lowest BCUT2D eigenvalue weighted by Crippen LogP contribution is -2.50. The van der Waals surface area contributed by atoms with Crippen molar-refractivity contribution in [1.82, 2.24) is 15.1 Å². The third-order valence-electron chi connectivity index (χ3n) is 5.12. The summed E-state index contributed by atoms with van der Waals surface area (Å²) in [6, 6.07) is 14.7. The Labute approximate surface area is 172 Å². The van der Waals surface area contributed by atoms with Crippen molar-refractivity contribution in [2.45, 2.75) is 19.9 Å². The fraction of sp³-hybridized carbons (Fsp3) is 0.348. The minimum Gasteiger partial charge on any atom is -0.404 e. The second kappa shape index (κ2) is 9.47. The molecule has 0 aliphatic carbocycles. The van der Waals surface area contributed by atoms with Crippen LogP contribution in [0.5, 0.6) is 0 Å². The largest absolute Gasteiger partial charge is 0.404 e. The van der Waals surface area contributed by atoms with Crippen molar-refractivity contribution < 1.29 is 4.79 Å². The second-order valence-electron chi connectivity index (χ2n) is 7.74. The highest BCUT2D eigenvalue weighted by atomic mass is 16.2. The Morgan fingerprint density at radius 1 is 1.10 bits per heavy atom. The summed E-state index contributed by atoms with van der Waals surface area (Å²) in [7, 11) is 0. The number of nitrogens with one attached hydrogen (secondary N) is 1. The lowest BCUT2D eigenvalue weighted by Gasteiger charge is -2.35. The summed E-state index contributed by atoms with van der Waals surface area (Å²) in [4.78, 5) is 16.2. The van der Waals surface area contributed by atoms with E-state index in [2.05, 4.69) is 45.4 Å². The summed E-state index contributed by atoms with van der Waals surface area (Å²) in [5.74, 6) is 0.766. The number of hydrogen-bond donors (Lipinski definition) is 3. The third-order valence-corrected chi connectivity index (χ3v) is 5.12. The maximum absolute atomic E-state index is 11.9. The Kier molecular flexibility index (Phi) is 6.77. The Balaban J connectivity index is 1.63. The molecule has 0 saturated carbocycles. The normalized spacial score (nSPS) is 16.4. The van der Waals surface area contributed by atoms with E-state index in [1.165, 1.54) is 10.8 Å². The highest BCUT2D eigenvalue weighted by Gasteiger charge is 2.20. The molecule has 29 heavy (non-hydrogen) atoms. The number of allylic oxidation sites excluding steroid dienone is 2. The molecular formula is C23H31N5O. The number of hydrogen-bond acceptors (Lipinski definition) is 5. The van der Waals surface area contributed by atoms with Crippen molar-refractivity contribution in [3.8, 4) is 0 Å². The lowest BCUT2D eigenvalue weighted by atomic mass is 10.0. The smallest absolute Gasteiger partial charge is 0.234 e. The van der Waals surface area contributed by atoms with Gasteiger partial charge in [0.05, 0.1) is 12.4 Å². The molecular weight excluding hydrogens is 362 g/mol. The van der Waals surface area contributed by atoms with Crippen LogP contribution < -0.4 is 16.8 Å². The van der Waals surface area contributed by atoms with Crippen LogP contribution in [-0.2, 0) is 4.79 Å². The van der Waals surface area contributed by atoms with Gasteiger partial charge < -0.3 is 21.7 Å². The SMILES string of the molecule is CC(C)NC(=O)CN1CCN(/C(N)=C/C(=C\N)c2ccc3ccccc3c2)CC1. The van der Waals surface area contributed by atoms with Crippen LogP contribution in [0.4, 0.5) is 0 Å². The van der Waals surface area contributed by atoms with Crippen molar-refractivity contribution in [3.05, 3.63) is 66.1 Å². The van der Waals surface area contributed by atoms with Crippen LogP contribution in [0.1, 0.15) is 19.4 Å². The third kappa shape index (κ3) is 5.51. The molecule has 1 aliphatic heterocycles. The molecule has 154 valence electrons. The standard InChI is InChI=1S/C23H31N5O/c1-17(2)26-23(29)16-27-9-11-28(12-10-27)22(25)14-21(15-24)20-8-7-18-5-3-4-6-19(18)13-20/h3-8,13-15,17H,9-12,16,24-25H2,1-2H3,(H,26,29)/b21-15+,22-14+. The number of nitrogens with two attached hydrogens (primary N) is 2. The maximum Gasteiger partial charge on any atom is 0.234 e. The van der Waals surface area contributed by atoms with Crippen molar-refractivity contribution in [2.24, 2.45) is 11.5 Å². The fourth-order valence-electron chi connectivity index (χ4n) is 3.58. The number of piperazine rings is 1.